The van der Waals surface area contributed by atoms with Gasteiger partial charge in [-0.1, -0.05) is 37.8 Å². The molecule has 0 aromatic carbocycles. The largest absolute Gasteiger partial charge is 0.409 e. The number of nitrogens with zero attached hydrogens (tertiary/aromatic N) is 1. The first-order valence-electron chi connectivity index (χ1n) is 6.48. The van der Waals surface area contributed by atoms with E-state index in [1.165, 1.54) is 38.5 Å². The molecule has 1 atom stereocenters. The van der Waals surface area contributed by atoms with Crippen LogP contribution in [0.4, 0.5) is 0 Å². The molecular weight excluding hydrogens is 202 g/mol. The SMILES string of the molecule is CCC(CC(N)=NO)NC1CCCCCC1. The number of hydrogen-bond acceptors (Lipinski definition) is 3. The van der Waals surface area contributed by atoms with Gasteiger partial charge in [-0.15, -0.1) is 0 Å². The van der Waals surface area contributed by atoms with Crippen molar-refractivity contribution in [2.24, 2.45) is 10.9 Å². The van der Waals surface area contributed by atoms with Gasteiger partial charge in [0.05, 0.1) is 0 Å². The van der Waals surface area contributed by atoms with Gasteiger partial charge in [0.15, 0.2) is 0 Å². The zero-order valence-electron chi connectivity index (χ0n) is 10.3. The minimum Gasteiger partial charge on any atom is -0.409 e. The predicted molar refractivity (Wildman–Crippen MR) is 66.7 cm³/mol. The van der Waals surface area contributed by atoms with Gasteiger partial charge in [-0.2, -0.15) is 0 Å². The first kappa shape index (κ1) is 13.3. The third kappa shape index (κ3) is 4.84. The second kappa shape index (κ2) is 7.49. The predicted octanol–water partition coefficient (Wildman–Crippen LogP) is 2.21. The topological polar surface area (TPSA) is 70.6 Å². The van der Waals surface area contributed by atoms with Crippen molar-refractivity contribution in [1.82, 2.24) is 5.32 Å². The summed E-state index contributed by atoms with van der Waals surface area (Å²) < 4.78 is 0. The molecule has 0 heterocycles. The van der Waals surface area contributed by atoms with E-state index in [-0.39, 0.29) is 0 Å². The average molecular weight is 227 g/mol. The Bertz CT molecular complexity index is 210. The van der Waals surface area contributed by atoms with E-state index in [0.717, 1.165) is 6.42 Å². The van der Waals surface area contributed by atoms with E-state index in [4.69, 9.17) is 10.9 Å². The zero-order chi connectivity index (χ0) is 11.8. The maximum absolute atomic E-state index is 8.57. The lowest BCUT2D eigenvalue weighted by atomic mass is 10.0. The molecule has 1 aliphatic rings. The Morgan fingerprint density at radius 3 is 2.50 bits per heavy atom. The lowest BCUT2D eigenvalue weighted by molar-refractivity contribution is 0.314. The molecule has 0 aromatic heterocycles. The van der Waals surface area contributed by atoms with Crippen LogP contribution in [0.2, 0.25) is 0 Å². The minimum atomic E-state index is 0.327. The molecular formula is C12H25N3O. The van der Waals surface area contributed by atoms with E-state index in [1.54, 1.807) is 0 Å². The van der Waals surface area contributed by atoms with Gasteiger partial charge in [0.1, 0.15) is 5.84 Å². The molecule has 1 fully saturated rings. The normalized spacial score (nSPS) is 21.7. The molecule has 0 amide bonds. The van der Waals surface area contributed by atoms with Crippen LogP contribution < -0.4 is 11.1 Å². The Morgan fingerprint density at radius 1 is 1.38 bits per heavy atom. The number of nitrogens with one attached hydrogen (secondary N) is 1. The first-order chi connectivity index (χ1) is 7.76. The Hall–Kier alpha value is -0.770. The van der Waals surface area contributed by atoms with Gasteiger partial charge in [-0.05, 0) is 19.3 Å². The Balaban J connectivity index is 2.35. The van der Waals surface area contributed by atoms with Crippen molar-refractivity contribution >= 4 is 5.84 Å². The van der Waals surface area contributed by atoms with E-state index in [2.05, 4.69) is 17.4 Å². The summed E-state index contributed by atoms with van der Waals surface area (Å²) in [6.45, 7) is 2.14. The van der Waals surface area contributed by atoms with Crippen molar-refractivity contribution in [2.75, 3.05) is 0 Å². The third-order valence-corrected chi connectivity index (χ3v) is 3.40. The van der Waals surface area contributed by atoms with Crippen LogP contribution in [-0.4, -0.2) is 23.1 Å². The molecule has 1 aliphatic carbocycles. The van der Waals surface area contributed by atoms with Crippen LogP contribution in [0.5, 0.6) is 0 Å². The van der Waals surface area contributed by atoms with Gasteiger partial charge < -0.3 is 16.3 Å². The Morgan fingerprint density at radius 2 is 2.00 bits per heavy atom. The summed E-state index contributed by atoms with van der Waals surface area (Å²) in [5.41, 5.74) is 5.55. The molecule has 0 bridgehead atoms. The summed E-state index contributed by atoms with van der Waals surface area (Å²) in [5, 5.41) is 15.2. The molecule has 4 heteroatoms. The van der Waals surface area contributed by atoms with Crippen molar-refractivity contribution in [3.63, 3.8) is 0 Å². The highest BCUT2D eigenvalue weighted by Gasteiger charge is 2.16. The number of amidine groups is 1. The van der Waals surface area contributed by atoms with Gasteiger partial charge in [0.25, 0.3) is 0 Å². The highest BCUT2D eigenvalue weighted by Crippen LogP contribution is 2.18. The molecule has 4 N–H and O–H groups in total. The molecule has 16 heavy (non-hydrogen) atoms. The molecule has 1 rings (SSSR count). The maximum atomic E-state index is 8.57. The van der Waals surface area contributed by atoms with Crippen molar-refractivity contribution < 1.29 is 5.21 Å². The van der Waals surface area contributed by atoms with Crippen molar-refractivity contribution in [3.8, 4) is 0 Å². The first-order valence-corrected chi connectivity index (χ1v) is 6.48. The van der Waals surface area contributed by atoms with Crippen molar-refractivity contribution in [1.29, 1.82) is 0 Å². The fourth-order valence-electron chi connectivity index (χ4n) is 2.39. The van der Waals surface area contributed by atoms with E-state index in [1.807, 2.05) is 0 Å². The third-order valence-electron chi connectivity index (χ3n) is 3.40. The van der Waals surface area contributed by atoms with E-state index < -0.39 is 0 Å². The zero-order valence-corrected chi connectivity index (χ0v) is 10.3. The minimum absolute atomic E-state index is 0.327. The van der Waals surface area contributed by atoms with Crippen molar-refractivity contribution in [2.45, 2.75) is 70.4 Å². The standard InChI is InChI=1S/C12H25N3O/c1-2-10(9-12(13)15-16)14-11-7-5-3-4-6-8-11/h10-11,14,16H,2-9H2,1H3,(H2,13,15). The van der Waals surface area contributed by atoms with Crippen LogP contribution in [0.15, 0.2) is 5.16 Å². The fraction of sp³-hybridized carbons (Fsp3) is 0.917. The molecule has 0 aromatic rings. The molecule has 1 unspecified atom stereocenters. The summed E-state index contributed by atoms with van der Waals surface area (Å²) in [7, 11) is 0. The van der Waals surface area contributed by atoms with Crippen LogP contribution in [0.3, 0.4) is 0 Å². The number of rotatable bonds is 5. The van der Waals surface area contributed by atoms with Gasteiger partial charge in [-0.3, -0.25) is 0 Å². The molecule has 4 nitrogen and oxygen atoms in total. The lowest BCUT2D eigenvalue weighted by Crippen LogP contribution is -2.40. The molecule has 0 radical (unpaired) electrons. The van der Waals surface area contributed by atoms with Crippen LogP contribution in [0.25, 0.3) is 0 Å². The summed E-state index contributed by atoms with van der Waals surface area (Å²) in [6, 6.07) is 0.970. The van der Waals surface area contributed by atoms with E-state index in [9.17, 15) is 0 Å². The summed E-state index contributed by atoms with van der Waals surface area (Å²) >= 11 is 0. The molecule has 0 spiro atoms. The monoisotopic (exact) mass is 227 g/mol. The molecule has 0 aliphatic heterocycles. The second-order valence-corrected chi connectivity index (χ2v) is 4.76. The average Bonchev–Trinajstić information content (AvgIpc) is 2.56. The van der Waals surface area contributed by atoms with Crippen LogP contribution >= 0.6 is 0 Å². The Kier molecular flexibility index (Phi) is 6.23. The number of hydrogen-bond donors (Lipinski definition) is 3. The lowest BCUT2D eigenvalue weighted by Gasteiger charge is -2.23. The van der Waals surface area contributed by atoms with E-state index in [0.29, 0.717) is 24.3 Å². The van der Waals surface area contributed by atoms with Gasteiger partial charge in [0.2, 0.25) is 0 Å². The quantitative estimate of drug-likeness (QED) is 0.222. The van der Waals surface area contributed by atoms with Gasteiger partial charge in [0, 0.05) is 18.5 Å². The Labute approximate surface area is 98.3 Å². The number of oxime groups is 1. The van der Waals surface area contributed by atoms with Gasteiger partial charge in [-0.25, -0.2) is 0 Å². The highest BCUT2D eigenvalue weighted by molar-refractivity contribution is 5.80. The summed E-state index contributed by atoms with van der Waals surface area (Å²) in [5.74, 6) is 0.327. The van der Waals surface area contributed by atoms with Gasteiger partial charge >= 0.3 is 0 Å². The second-order valence-electron chi connectivity index (χ2n) is 4.76. The summed E-state index contributed by atoms with van der Waals surface area (Å²) in [6.07, 6.45) is 9.61. The van der Waals surface area contributed by atoms with Crippen LogP contribution in [0, 0.1) is 0 Å². The fourth-order valence-corrected chi connectivity index (χ4v) is 2.39. The molecule has 0 saturated heterocycles. The highest BCUT2D eigenvalue weighted by atomic mass is 16.4. The maximum Gasteiger partial charge on any atom is 0.140 e. The summed E-state index contributed by atoms with van der Waals surface area (Å²) in [4.78, 5) is 0. The van der Waals surface area contributed by atoms with E-state index >= 15 is 0 Å². The van der Waals surface area contributed by atoms with Crippen LogP contribution in [-0.2, 0) is 0 Å². The smallest absolute Gasteiger partial charge is 0.140 e. The molecule has 1 saturated carbocycles. The molecule has 94 valence electrons. The number of nitrogens with two attached hydrogens (primary N) is 1. The van der Waals surface area contributed by atoms with Crippen LogP contribution in [0.1, 0.15) is 58.3 Å². The van der Waals surface area contributed by atoms with Crippen molar-refractivity contribution in [3.05, 3.63) is 0 Å².